The third kappa shape index (κ3) is 3.05. The molecule has 24 heavy (non-hydrogen) atoms. The highest BCUT2D eigenvalue weighted by atomic mass is 19.4. The minimum absolute atomic E-state index is 0.00780. The maximum atomic E-state index is 12.6. The maximum absolute atomic E-state index is 12.6. The summed E-state index contributed by atoms with van der Waals surface area (Å²) in [5, 5.41) is 10.5. The Morgan fingerprint density at radius 2 is 2.00 bits per heavy atom. The van der Waals surface area contributed by atoms with E-state index in [0.29, 0.717) is 11.5 Å². The van der Waals surface area contributed by atoms with Crippen molar-refractivity contribution in [1.82, 2.24) is 24.9 Å². The van der Waals surface area contributed by atoms with Crippen LogP contribution < -0.4 is 5.32 Å². The number of carbonyl (C=O) groups is 1. The van der Waals surface area contributed by atoms with Gasteiger partial charge in [0.2, 0.25) is 0 Å². The molecule has 0 saturated heterocycles. The van der Waals surface area contributed by atoms with Gasteiger partial charge >= 0.3 is 6.18 Å². The molecule has 0 fully saturated rings. The molecule has 0 unspecified atom stereocenters. The topological polar surface area (TPSA) is 72.2 Å². The molecule has 0 atom stereocenters. The van der Waals surface area contributed by atoms with E-state index >= 15 is 0 Å². The lowest BCUT2D eigenvalue weighted by atomic mass is 10.1. The van der Waals surface area contributed by atoms with Crippen LogP contribution in [0.1, 0.15) is 27.6 Å². The van der Waals surface area contributed by atoms with Crippen molar-refractivity contribution < 1.29 is 18.0 Å². The standard InChI is InChI=1S/C15H12F3N5O/c1-9-10(5-6-11(20-9)15(16,17)18)14(24)19-8-13-22-21-12-4-2-3-7-23(12)13/h2-7H,8H2,1H3,(H,19,24). The number of aryl methyl sites for hydroxylation is 1. The first-order chi connectivity index (χ1) is 11.4. The summed E-state index contributed by atoms with van der Waals surface area (Å²) in [6, 6.07) is 7.27. The summed E-state index contributed by atoms with van der Waals surface area (Å²) in [6.07, 6.45) is -2.79. The molecular weight excluding hydrogens is 323 g/mol. The monoisotopic (exact) mass is 335 g/mol. The minimum atomic E-state index is -4.54. The molecular formula is C15H12F3N5O. The molecule has 0 aromatic carbocycles. The number of aromatic nitrogens is 4. The van der Waals surface area contributed by atoms with Crippen molar-refractivity contribution in [2.24, 2.45) is 0 Å². The van der Waals surface area contributed by atoms with Crippen LogP contribution >= 0.6 is 0 Å². The second-order valence-corrected chi connectivity index (χ2v) is 5.05. The van der Waals surface area contributed by atoms with Crippen molar-refractivity contribution in [3.63, 3.8) is 0 Å². The lowest BCUT2D eigenvalue weighted by Gasteiger charge is -2.10. The fourth-order valence-electron chi connectivity index (χ4n) is 2.22. The SMILES string of the molecule is Cc1nc(C(F)(F)F)ccc1C(=O)NCc1nnc2ccccn12. The quantitative estimate of drug-likeness (QED) is 0.798. The number of nitrogens with one attached hydrogen (secondary N) is 1. The van der Waals surface area contributed by atoms with E-state index < -0.39 is 17.8 Å². The average molecular weight is 335 g/mol. The third-order valence-electron chi connectivity index (χ3n) is 3.41. The zero-order chi connectivity index (χ0) is 17.3. The number of alkyl halides is 3. The van der Waals surface area contributed by atoms with Crippen molar-refractivity contribution in [3.8, 4) is 0 Å². The molecule has 0 bridgehead atoms. The summed E-state index contributed by atoms with van der Waals surface area (Å²) in [7, 11) is 0. The van der Waals surface area contributed by atoms with Crippen LogP contribution in [0.2, 0.25) is 0 Å². The van der Waals surface area contributed by atoms with Gasteiger partial charge in [0.05, 0.1) is 17.8 Å². The van der Waals surface area contributed by atoms with Crippen LogP contribution in [0.5, 0.6) is 0 Å². The normalized spacial score (nSPS) is 11.7. The Kier molecular flexibility index (Phi) is 3.92. The van der Waals surface area contributed by atoms with Crippen molar-refractivity contribution in [3.05, 3.63) is 59.3 Å². The van der Waals surface area contributed by atoms with E-state index in [-0.39, 0.29) is 17.8 Å². The van der Waals surface area contributed by atoms with Crippen molar-refractivity contribution >= 4 is 11.6 Å². The highest BCUT2D eigenvalue weighted by Crippen LogP contribution is 2.28. The molecule has 1 amide bonds. The Bertz CT molecular complexity index is 904. The van der Waals surface area contributed by atoms with Gasteiger partial charge in [0.15, 0.2) is 11.5 Å². The molecule has 3 aromatic heterocycles. The number of fused-ring (bicyclic) bond motifs is 1. The predicted molar refractivity (Wildman–Crippen MR) is 78.1 cm³/mol. The fraction of sp³-hybridized carbons (Fsp3) is 0.200. The van der Waals surface area contributed by atoms with E-state index in [0.717, 1.165) is 12.1 Å². The molecule has 0 spiro atoms. The highest BCUT2D eigenvalue weighted by molar-refractivity contribution is 5.95. The molecule has 0 saturated carbocycles. The van der Waals surface area contributed by atoms with Gasteiger partial charge in [-0.2, -0.15) is 13.2 Å². The first kappa shape index (κ1) is 15.9. The molecule has 0 aliphatic heterocycles. The molecule has 3 heterocycles. The zero-order valence-electron chi connectivity index (χ0n) is 12.5. The lowest BCUT2D eigenvalue weighted by Crippen LogP contribution is -2.25. The average Bonchev–Trinajstić information content (AvgIpc) is 2.95. The molecule has 0 aliphatic rings. The smallest absolute Gasteiger partial charge is 0.345 e. The summed E-state index contributed by atoms with van der Waals surface area (Å²) >= 11 is 0. The van der Waals surface area contributed by atoms with Gasteiger partial charge in [0.1, 0.15) is 5.69 Å². The van der Waals surface area contributed by atoms with Gasteiger partial charge in [-0.05, 0) is 31.2 Å². The van der Waals surface area contributed by atoms with Gasteiger partial charge in [-0.15, -0.1) is 10.2 Å². The van der Waals surface area contributed by atoms with Crippen molar-refractivity contribution in [2.75, 3.05) is 0 Å². The number of amides is 1. The van der Waals surface area contributed by atoms with Crippen LogP contribution in [0.25, 0.3) is 5.65 Å². The van der Waals surface area contributed by atoms with Crippen LogP contribution in [0, 0.1) is 6.92 Å². The maximum Gasteiger partial charge on any atom is 0.433 e. The second kappa shape index (κ2) is 5.91. The second-order valence-electron chi connectivity index (χ2n) is 5.05. The Labute approximate surface area is 134 Å². The number of hydrogen-bond acceptors (Lipinski definition) is 4. The number of pyridine rings is 2. The van der Waals surface area contributed by atoms with E-state index in [2.05, 4.69) is 20.5 Å². The summed E-state index contributed by atoms with van der Waals surface area (Å²) < 4.78 is 39.5. The number of carbonyl (C=O) groups excluding carboxylic acids is 1. The van der Waals surface area contributed by atoms with Crippen LogP contribution in [-0.2, 0) is 12.7 Å². The van der Waals surface area contributed by atoms with Gasteiger partial charge in [-0.25, -0.2) is 4.98 Å². The Morgan fingerprint density at radius 1 is 1.21 bits per heavy atom. The zero-order valence-corrected chi connectivity index (χ0v) is 12.5. The van der Waals surface area contributed by atoms with Crippen LogP contribution in [0.3, 0.4) is 0 Å². The van der Waals surface area contributed by atoms with E-state index in [9.17, 15) is 18.0 Å². The number of nitrogens with zero attached hydrogens (tertiary/aromatic N) is 4. The Morgan fingerprint density at radius 3 is 2.71 bits per heavy atom. The summed E-state index contributed by atoms with van der Waals surface area (Å²) in [5.41, 5.74) is -0.306. The third-order valence-corrected chi connectivity index (χ3v) is 3.41. The van der Waals surface area contributed by atoms with Gasteiger partial charge in [0.25, 0.3) is 5.91 Å². The van der Waals surface area contributed by atoms with E-state index in [1.165, 1.54) is 6.92 Å². The fourth-order valence-corrected chi connectivity index (χ4v) is 2.22. The Hall–Kier alpha value is -2.97. The van der Waals surface area contributed by atoms with E-state index in [1.54, 1.807) is 22.7 Å². The molecule has 6 nitrogen and oxygen atoms in total. The van der Waals surface area contributed by atoms with Crippen molar-refractivity contribution in [2.45, 2.75) is 19.6 Å². The molecule has 3 rings (SSSR count). The molecule has 0 radical (unpaired) electrons. The molecule has 9 heteroatoms. The van der Waals surface area contributed by atoms with Gasteiger partial charge in [-0.1, -0.05) is 6.07 Å². The summed E-state index contributed by atoms with van der Waals surface area (Å²) in [5.74, 6) is -0.0159. The minimum Gasteiger partial charge on any atom is -0.345 e. The number of rotatable bonds is 3. The largest absolute Gasteiger partial charge is 0.433 e. The molecule has 0 aliphatic carbocycles. The first-order valence-corrected chi connectivity index (χ1v) is 6.98. The van der Waals surface area contributed by atoms with Gasteiger partial charge < -0.3 is 5.32 Å². The summed E-state index contributed by atoms with van der Waals surface area (Å²) in [4.78, 5) is 15.6. The van der Waals surface area contributed by atoms with Gasteiger partial charge in [0, 0.05) is 6.20 Å². The first-order valence-electron chi connectivity index (χ1n) is 6.98. The lowest BCUT2D eigenvalue weighted by molar-refractivity contribution is -0.141. The molecule has 1 N–H and O–H groups in total. The van der Waals surface area contributed by atoms with Crippen LogP contribution in [-0.4, -0.2) is 25.5 Å². The van der Waals surface area contributed by atoms with E-state index in [1.807, 2.05) is 6.07 Å². The summed E-state index contributed by atoms with van der Waals surface area (Å²) in [6.45, 7) is 1.45. The van der Waals surface area contributed by atoms with Crippen LogP contribution in [0.15, 0.2) is 36.5 Å². The van der Waals surface area contributed by atoms with Crippen LogP contribution in [0.4, 0.5) is 13.2 Å². The van der Waals surface area contributed by atoms with E-state index in [4.69, 9.17) is 0 Å². The predicted octanol–water partition coefficient (Wildman–Crippen LogP) is 2.38. The Balaban J connectivity index is 1.76. The highest BCUT2D eigenvalue weighted by Gasteiger charge is 2.33. The number of hydrogen-bond donors (Lipinski definition) is 1. The molecule has 124 valence electrons. The van der Waals surface area contributed by atoms with Crippen molar-refractivity contribution in [1.29, 1.82) is 0 Å². The van der Waals surface area contributed by atoms with Gasteiger partial charge in [-0.3, -0.25) is 9.20 Å². The number of halogens is 3. The molecule has 3 aromatic rings.